The summed E-state index contributed by atoms with van der Waals surface area (Å²) < 4.78 is 7.28. The van der Waals surface area contributed by atoms with E-state index in [1.165, 1.54) is 17.2 Å². The van der Waals surface area contributed by atoms with Crippen molar-refractivity contribution < 1.29 is 20.1 Å². The molecule has 4 atom stereocenters. The van der Waals surface area contributed by atoms with Crippen LogP contribution in [0.15, 0.2) is 12.7 Å². The van der Waals surface area contributed by atoms with Crippen LogP contribution in [0.5, 0.6) is 0 Å². The van der Waals surface area contributed by atoms with Crippen molar-refractivity contribution in [2.75, 3.05) is 6.61 Å². The van der Waals surface area contributed by atoms with Gasteiger partial charge in [0, 0.05) is 0 Å². The number of hydrogen-bond acceptors (Lipinski definition) is 7. The molecule has 2 aromatic heterocycles. The van der Waals surface area contributed by atoms with Gasteiger partial charge < -0.3 is 25.0 Å². The molecule has 0 saturated carbocycles. The van der Waals surface area contributed by atoms with Crippen molar-refractivity contribution in [3.63, 3.8) is 0 Å². The summed E-state index contributed by atoms with van der Waals surface area (Å²) in [4.78, 5) is 10.9. The molecule has 19 heavy (non-hydrogen) atoms. The van der Waals surface area contributed by atoms with Crippen LogP contribution in [0, 0.1) is 4.64 Å². The maximum atomic E-state index is 9.97. The summed E-state index contributed by atoms with van der Waals surface area (Å²) in [5.74, 6) is 0. The Bertz CT molecular complexity index is 656. The van der Waals surface area contributed by atoms with Crippen molar-refractivity contribution in [3.8, 4) is 0 Å². The highest BCUT2D eigenvalue weighted by atomic mass is 32.1. The second kappa shape index (κ2) is 4.62. The first-order valence-corrected chi connectivity index (χ1v) is 6.07. The fourth-order valence-electron chi connectivity index (χ4n) is 2.18. The van der Waals surface area contributed by atoms with Crippen LogP contribution < -0.4 is 0 Å². The van der Waals surface area contributed by atoms with Crippen molar-refractivity contribution in [1.29, 1.82) is 0 Å². The van der Waals surface area contributed by atoms with E-state index in [1.54, 1.807) is 0 Å². The smallest absolute Gasteiger partial charge is 0.165 e. The Labute approximate surface area is 112 Å². The molecule has 8 nitrogen and oxygen atoms in total. The number of nitrogens with zero attached hydrogens (tertiary/aromatic N) is 3. The van der Waals surface area contributed by atoms with Gasteiger partial charge in [0.15, 0.2) is 10.9 Å². The van der Waals surface area contributed by atoms with Crippen molar-refractivity contribution in [2.45, 2.75) is 24.5 Å². The summed E-state index contributed by atoms with van der Waals surface area (Å²) in [6.45, 7) is -0.376. The summed E-state index contributed by atoms with van der Waals surface area (Å²) in [6, 6.07) is 0. The lowest BCUT2D eigenvalue weighted by molar-refractivity contribution is -0.0511. The molecule has 0 aliphatic carbocycles. The van der Waals surface area contributed by atoms with Gasteiger partial charge in [0.05, 0.1) is 19.3 Å². The zero-order chi connectivity index (χ0) is 13.6. The molecule has 1 aliphatic heterocycles. The van der Waals surface area contributed by atoms with E-state index in [2.05, 4.69) is 15.0 Å². The Kier molecular flexibility index (Phi) is 3.07. The van der Waals surface area contributed by atoms with Crippen LogP contribution in [0.4, 0.5) is 0 Å². The minimum Gasteiger partial charge on any atom is -0.394 e. The predicted molar refractivity (Wildman–Crippen MR) is 65.7 cm³/mol. The number of hydrogen-bond donors (Lipinski definition) is 4. The third-order valence-corrected chi connectivity index (χ3v) is 3.47. The van der Waals surface area contributed by atoms with Gasteiger partial charge in [-0.3, -0.25) is 4.57 Å². The van der Waals surface area contributed by atoms with Crippen molar-refractivity contribution >= 4 is 23.4 Å². The Hall–Kier alpha value is -1.39. The Morgan fingerprint density at radius 3 is 2.84 bits per heavy atom. The Balaban J connectivity index is 2.06. The molecule has 3 rings (SSSR count). The molecule has 0 spiro atoms. The molecule has 1 aliphatic rings. The second-order valence-electron chi connectivity index (χ2n) is 4.29. The van der Waals surface area contributed by atoms with Gasteiger partial charge in [-0.05, 0) is 0 Å². The van der Waals surface area contributed by atoms with Gasteiger partial charge in [0.25, 0.3) is 0 Å². The maximum absolute atomic E-state index is 9.97. The monoisotopic (exact) mass is 284 g/mol. The van der Waals surface area contributed by atoms with Gasteiger partial charge in [0.2, 0.25) is 0 Å². The highest BCUT2D eigenvalue weighted by molar-refractivity contribution is 7.71. The van der Waals surface area contributed by atoms with E-state index in [1.807, 2.05) is 0 Å². The fourth-order valence-corrected chi connectivity index (χ4v) is 2.38. The molecule has 4 N–H and O–H groups in total. The molecule has 9 heteroatoms. The highest BCUT2D eigenvalue weighted by Crippen LogP contribution is 2.30. The number of aliphatic hydroxyl groups is 3. The number of nitrogens with one attached hydrogen (secondary N) is 1. The highest BCUT2D eigenvalue weighted by Gasteiger charge is 2.43. The quantitative estimate of drug-likeness (QED) is 0.528. The van der Waals surface area contributed by atoms with Crippen LogP contribution in [0.1, 0.15) is 6.23 Å². The summed E-state index contributed by atoms with van der Waals surface area (Å²) >= 11 is 5.04. The summed E-state index contributed by atoms with van der Waals surface area (Å²) in [5, 5.41) is 28.8. The standard InChI is InChI=1S/C10H12N4O4S/c15-1-4-6(16)7(17)10(18-4)14-3-13-5-8(14)11-2-12-9(5)19/h2-4,6-7,10,15-17H,1H2,(H,11,12,19)/t4-,6+,7+,10-/m1/s1. The van der Waals surface area contributed by atoms with Gasteiger partial charge in [0.1, 0.15) is 29.5 Å². The maximum Gasteiger partial charge on any atom is 0.165 e. The zero-order valence-electron chi connectivity index (χ0n) is 9.67. The number of aromatic amines is 1. The lowest BCUT2D eigenvalue weighted by atomic mass is 10.1. The number of H-pyrrole nitrogens is 1. The van der Waals surface area contributed by atoms with E-state index in [0.29, 0.717) is 15.8 Å². The number of aromatic nitrogens is 4. The van der Waals surface area contributed by atoms with Crippen LogP contribution in [-0.2, 0) is 4.74 Å². The minimum absolute atomic E-state index is 0.333. The van der Waals surface area contributed by atoms with Crippen LogP contribution >= 0.6 is 12.2 Å². The molecule has 0 bridgehead atoms. The Morgan fingerprint density at radius 2 is 2.16 bits per heavy atom. The van der Waals surface area contributed by atoms with E-state index < -0.39 is 24.5 Å². The first kappa shape index (κ1) is 12.6. The molecular formula is C10H12N4O4S. The van der Waals surface area contributed by atoms with Crippen molar-refractivity contribution in [3.05, 3.63) is 17.3 Å². The molecule has 0 amide bonds. The SMILES string of the molecule is OC[C@H]1O[C@@H](n2cnc3c(=S)nc[nH]c32)[C@@H](O)[C@H]1O. The molecule has 0 unspecified atom stereocenters. The first-order valence-electron chi connectivity index (χ1n) is 5.66. The number of fused-ring (bicyclic) bond motifs is 1. The van der Waals surface area contributed by atoms with E-state index >= 15 is 0 Å². The second-order valence-corrected chi connectivity index (χ2v) is 4.67. The molecule has 1 saturated heterocycles. The lowest BCUT2D eigenvalue weighted by Crippen LogP contribution is -2.33. The van der Waals surface area contributed by atoms with Gasteiger partial charge in [-0.2, -0.15) is 0 Å². The largest absolute Gasteiger partial charge is 0.394 e. The van der Waals surface area contributed by atoms with Gasteiger partial charge in [-0.1, -0.05) is 12.2 Å². The van der Waals surface area contributed by atoms with Crippen LogP contribution in [0.25, 0.3) is 11.2 Å². The fraction of sp³-hybridized carbons (Fsp3) is 0.500. The lowest BCUT2D eigenvalue weighted by Gasteiger charge is -2.16. The van der Waals surface area contributed by atoms with Crippen LogP contribution in [-0.4, -0.2) is 59.8 Å². The normalized spacial score (nSPS) is 31.1. The van der Waals surface area contributed by atoms with E-state index in [-0.39, 0.29) is 6.61 Å². The number of ether oxygens (including phenoxy) is 1. The molecule has 2 aromatic rings. The van der Waals surface area contributed by atoms with Gasteiger partial charge in [-0.25, -0.2) is 9.97 Å². The average molecular weight is 284 g/mol. The number of imidazole rings is 1. The molecule has 3 heterocycles. The number of aliphatic hydroxyl groups excluding tert-OH is 3. The topological polar surface area (TPSA) is 116 Å². The van der Waals surface area contributed by atoms with Crippen molar-refractivity contribution in [1.82, 2.24) is 19.5 Å². The molecule has 1 fully saturated rings. The average Bonchev–Trinajstić information content (AvgIpc) is 2.94. The van der Waals surface area contributed by atoms with Gasteiger partial charge in [-0.15, -0.1) is 0 Å². The third kappa shape index (κ3) is 1.86. The summed E-state index contributed by atoms with van der Waals surface area (Å²) in [6.07, 6.45) is -1.13. The van der Waals surface area contributed by atoms with Crippen LogP contribution in [0.2, 0.25) is 0 Å². The first-order chi connectivity index (χ1) is 9.13. The molecule has 0 radical (unpaired) electrons. The molecular weight excluding hydrogens is 272 g/mol. The Morgan fingerprint density at radius 1 is 1.37 bits per heavy atom. The van der Waals surface area contributed by atoms with Crippen LogP contribution in [0.3, 0.4) is 0 Å². The molecule has 0 aromatic carbocycles. The van der Waals surface area contributed by atoms with Gasteiger partial charge >= 0.3 is 0 Å². The minimum atomic E-state index is -1.16. The predicted octanol–water partition coefficient (Wildman–Crippen LogP) is -0.900. The van der Waals surface area contributed by atoms with E-state index in [0.717, 1.165) is 0 Å². The number of rotatable bonds is 2. The molecule has 102 valence electrons. The summed E-state index contributed by atoms with van der Waals surface area (Å²) in [5.41, 5.74) is 1.02. The summed E-state index contributed by atoms with van der Waals surface area (Å²) in [7, 11) is 0. The zero-order valence-corrected chi connectivity index (χ0v) is 10.5. The van der Waals surface area contributed by atoms with Crippen molar-refractivity contribution in [2.24, 2.45) is 0 Å². The third-order valence-electron chi connectivity index (χ3n) is 3.17. The van der Waals surface area contributed by atoms with E-state index in [4.69, 9.17) is 22.1 Å². The van der Waals surface area contributed by atoms with E-state index in [9.17, 15) is 10.2 Å².